The predicted molar refractivity (Wildman–Crippen MR) is 133 cm³/mol. The lowest BCUT2D eigenvalue weighted by atomic mass is 10.0. The highest BCUT2D eigenvalue weighted by atomic mass is 35.5. The SMILES string of the molecule is Cc1ccc(C2=C(Nc3cccc4ccccc34)C(=O)N(Cc3ccc(Cl)cc3)C2=O)cc1. The normalized spacial score (nSPS) is 13.8. The Morgan fingerprint density at radius 3 is 2.24 bits per heavy atom. The molecule has 0 aliphatic carbocycles. The smallest absolute Gasteiger partial charge is 0.278 e. The number of benzene rings is 4. The molecule has 5 rings (SSSR count). The summed E-state index contributed by atoms with van der Waals surface area (Å²) in [4.78, 5) is 28.3. The highest BCUT2D eigenvalue weighted by Gasteiger charge is 2.39. The van der Waals surface area contributed by atoms with Gasteiger partial charge in [0.2, 0.25) is 0 Å². The minimum Gasteiger partial charge on any atom is -0.350 e. The van der Waals surface area contributed by atoms with Crippen molar-refractivity contribution in [3.8, 4) is 0 Å². The van der Waals surface area contributed by atoms with Crippen LogP contribution < -0.4 is 5.32 Å². The molecular formula is C28H21ClN2O2. The maximum absolute atomic E-state index is 13.5. The van der Waals surface area contributed by atoms with Crippen LogP contribution in [0.25, 0.3) is 16.3 Å². The maximum atomic E-state index is 13.5. The van der Waals surface area contributed by atoms with Crippen LogP contribution in [-0.2, 0) is 16.1 Å². The summed E-state index contributed by atoms with van der Waals surface area (Å²) in [6.45, 7) is 2.16. The third-order valence-corrected chi connectivity index (χ3v) is 6.06. The quantitative estimate of drug-likeness (QED) is 0.367. The molecule has 4 aromatic carbocycles. The standard InChI is InChI=1S/C28H21ClN2O2/c1-18-9-13-21(14-10-18)25-26(30-24-8-4-6-20-5-2-3-7-23(20)24)28(33)31(27(25)32)17-19-11-15-22(29)16-12-19/h2-16,30H,17H2,1H3. The van der Waals surface area contributed by atoms with Crippen LogP contribution in [0.1, 0.15) is 16.7 Å². The van der Waals surface area contributed by atoms with Crippen LogP contribution in [0.4, 0.5) is 5.69 Å². The lowest BCUT2D eigenvalue weighted by Crippen LogP contribution is -2.32. The molecule has 4 nitrogen and oxygen atoms in total. The van der Waals surface area contributed by atoms with Gasteiger partial charge in [0, 0.05) is 16.1 Å². The van der Waals surface area contributed by atoms with E-state index < -0.39 is 0 Å². The van der Waals surface area contributed by atoms with Crippen LogP contribution in [0.5, 0.6) is 0 Å². The molecule has 0 bridgehead atoms. The molecule has 0 radical (unpaired) electrons. The summed E-state index contributed by atoms with van der Waals surface area (Å²) in [6.07, 6.45) is 0. The van der Waals surface area contributed by atoms with Crippen molar-refractivity contribution in [2.24, 2.45) is 0 Å². The first-order valence-electron chi connectivity index (χ1n) is 10.7. The van der Waals surface area contributed by atoms with E-state index in [0.717, 1.165) is 27.6 Å². The molecule has 0 aromatic heterocycles. The van der Waals surface area contributed by atoms with Gasteiger partial charge >= 0.3 is 0 Å². The second kappa shape index (κ2) is 8.57. The van der Waals surface area contributed by atoms with E-state index in [9.17, 15) is 9.59 Å². The monoisotopic (exact) mass is 452 g/mol. The molecular weight excluding hydrogens is 432 g/mol. The van der Waals surface area contributed by atoms with E-state index >= 15 is 0 Å². The minimum absolute atomic E-state index is 0.172. The van der Waals surface area contributed by atoms with E-state index in [1.807, 2.05) is 85.8 Å². The highest BCUT2D eigenvalue weighted by molar-refractivity contribution is 6.36. The Kier molecular flexibility index (Phi) is 5.45. The molecule has 162 valence electrons. The average Bonchev–Trinajstić information content (AvgIpc) is 3.05. The Hall–Kier alpha value is -3.89. The number of rotatable bonds is 5. The second-order valence-electron chi connectivity index (χ2n) is 8.09. The topological polar surface area (TPSA) is 49.4 Å². The zero-order valence-corrected chi connectivity index (χ0v) is 18.8. The molecule has 4 aromatic rings. The summed E-state index contributed by atoms with van der Waals surface area (Å²) >= 11 is 6.00. The largest absolute Gasteiger partial charge is 0.350 e. The van der Waals surface area contributed by atoms with Crippen LogP contribution >= 0.6 is 11.6 Å². The minimum atomic E-state index is -0.349. The van der Waals surface area contributed by atoms with Crippen molar-refractivity contribution >= 4 is 45.4 Å². The molecule has 0 unspecified atom stereocenters. The molecule has 1 N–H and O–H groups in total. The van der Waals surface area contributed by atoms with Gasteiger partial charge in [-0.25, -0.2) is 0 Å². The summed E-state index contributed by atoms with van der Waals surface area (Å²) in [5, 5.41) is 5.93. The zero-order chi connectivity index (χ0) is 22.9. The third-order valence-electron chi connectivity index (χ3n) is 5.81. The Morgan fingerprint density at radius 2 is 1.48 bits per heavy atom. The van der Waals surface area contributed by atoms with E-state index in [1.165, 1.54) is 4.90 Å². The van der Waals surface area contributed by atoms with E-state index in [2.05, 4.69) is 5.32 Å². The van der Waals surface area contributed by atoms with Gasteiger partial charge in [0.25, 0.3) is 11.8 Å². The van der Waals surface area contributed by atoms with E-state index in [-0.39, 0.29) is 24.1 Å². The van der Waals surface area contributed by atoms with Gasteiger partial charge in [-0.1, -0.05) is 90.0 Å². The number of anilines is 1. The fourth-order valence-corrected chi connectivity index (χ4v) is 4.19. The maximum Gasteiger partial charge on any atom is 0.278 e. The number of nitrogens with one attached hydrogen (secondary N) is 1. The molecule has 1 aliphatic heterocycles. The first-order chi connectivity index (χ1) is 16.0. The lowest BCUT2D eigenvalue weighted by Gasteiger charge is -2.16. The molecule has 2 amide bonds. The average molecular weight is 453 g/mol. The molecule has 1 aliphatic rings. The number of hydrogen-bond donors (Lipinski definition) is 1. The molecule has 33 heavy (non-hydrogen) atoms. The van der Waals surface area contributed by atoms with Gasteiger partial charge in [-0.05, 0) is 41.6 Å². The van der Waals surface area contributed by atoms with E-state index in [0.29, 0.717) is 16.2 Å². The van der Waals surface area contributed by atoms with Crippen LogP contribution in [-0.4, -0.2) is 16.7 Å². The van der Waals surface area contributed by atoms with Crippen molar-refractivity contribution in [3.05, 3.63) is 118 Å². The summed E-state index contributed by atoms with van der Waals surface area (Å²) in [6, 6.07) is 28.6. The number of halogens is 1. The van der Waals surface area contributed by atoms with E-state index in [4.69, 9.17) is 11.6 Å². The summed E-state index contributed by atoms with van der Waals surface area (Å²) in [5.74, 6) is -0.667. The number of carbonyl (C=O) groups excluding carboxylic acids is 2. The first kappa shape index (κ1) is 21.0. The van der Waals surface area contributed by atoms with Gasteiger partial charge in [-0.2, -0.15) is 0 Å². The van der Waals surface area contributed by atoms with Crippen molar-refractivity contribution in [2.75, 3.05) is 5.32 Å². The van der Waals surface area contributed by atoms with Gasteiger partial charge in [-0.15, -0.1) is 0 Å². The summed E-state index contributed by atoms with van der Waals surface area (Å²) in [5.41, 5.74) is 4.06. The van der Waals surface area contributed by atoms with Gasteiger partial charge < -0.3 is 5.32 Å². The lowest BCUT2D eigenvalue weighted by molar-refractivity contribution is -0.137. The highest BCUT2D eigenvalue weighted by Crippen LogP contribution is 2.33. The fourth-order valence-electron chi connectivity index (χ4n) is 4.07. The zero-order valence-electron chi connectivity index (χ0n) is 18.0. The number of fused-ring (bicyclic) bond motifs is 1. The number of carbonyl (C=O) groups is 2. The van der Waals surface area contributed by atoms with Crippen LogP contribution in [0.2, 0.25) is 5.02 Å². The molecule has 0 atom stereocenters. The summed E-state index contributed by atoms with van der Waals surface area (Å²) < 4.78 is 0. The molecule has 0 saturated carbocycles. The van der Waals surface area contributed by atoms with Crippen molar-refractivity contribution < 1.29 is 9.59 Å². The second-order valence-corrected chi connectivity index (χ2v) is 8.53. The molecule has 0 spiro atoms. The number of hydrogen-bond acceptors (Lipinski definition) is 3. The molecule has 0 saturated heterocycles. The number of aryl methyl sites for hydroxylation is 1. The number of nitrogens with zero attached hydrogens (tertiary/aromatic N) is 1. The van der Waals surface area contributed by atoms with Gasteiger partial charge in [-0.3, -0.25) is 14.5 Å². The fraction of sp³-hybridized carbons (Fsp3) is 0.0714. The van der Waals surface area contributed by atoms with E-state index in [1.54, 1.807) is 12.1 Å². The van der Waals surface area contributed by atoms with Crippen molar-refractivity contribution in [2.45, 2.75) is 13.5 Å². The van der Waals surface area contributed by atoms with Crippen LogP contribution in [0.15, 0.2) is 96.7 Å². The Labute approximate surface area is 197 Å². The predicted octanol–water partition coefficient (Wildman–Crippen LogP) is 6.19. The summed E-state index contributed by atoms with van der Waals surface area (Å²) in [7, 11) is 0. The Morgan fingerprint density at radius 1 is 0.788 bits per heavy atom. The van der Waals surface area contributed by atoms with Crippen LogP contribution in [0, 0.1) is 6.92 Å². The third kappa shape index (κ3) is 4.01. The molecule has 0 fully saturated rings. The number of imide groups is 1. The Bertz CT molecular complexity index is 1400. The van der Waals surface area contributed by atoms with Crippen LogP contribution in [0.3, 0.4) is 0 Å². The first-order valence-corrected chi connectivity index (χ1v) is 11.1. The number of amides is 2. The van der Waals surface area contributed by atoms with Crippen molar-refractivity contribution in [1.29, 1.82) is 0 Å². The van der Waals surface area contributed by atoms with Crippen molar-refractivity contribution in [1.82, 2.24) is 4.90 Å². The van der Waals surface area contributed by atoms with Gasteiger partial charge in [0.05, 0.1) is 12.1 Å². The van der Waals surface area contributed by atoms with Crippen molar-refractivity contribution in [3.63, 3.8) is 0 Å². The van der Waals surface area contributed by atoms with Gasteiger partial charge in [0.15, 0.2) is 0 Å². The van der Waals surface area contributed by atoms with Gasteiger partial charge in [0.1, 0.15) is 5.70 Å². The molecule has 5 heteroatoms. The Balaban J connectivity index is 1.58. The molecule has 1 heterocycles.